The zero-order valence-electron chi connectivity index (χ0n) is 9.32. The molecule has 2 aromatic rings. The minimum Gasteiger partial charge on any atom is -0.494 e. The smallest absolute Gasteiger partial charge is 0.419 e. The van der Waals surface area contributed by atoms with Crippen LogP contribution >= 0.6 is 0 Å². The van der Waals surface area contributed by atoms with Crippen molar-refractivity contribution in [2.75, 3.05) is 6.61 Å². The SMILES string of the molecule is C=C(OCC)c1ccc2oc(=O)n(C)c2c1. The number of rotatable bonds is 3. The highest BCUT2D eigenvalue weighted by Crippen LogP contribution is 2.19. The highest BCUT2D eigenvalue weighted by atomic mass is 16.5. The van der Waals surface area contributed by atoms with Crippen molar-refractivity contribution in [3.63, 3.8) is 0 Å². The number of benzene rings is 1. The van der Waals surface area contributed by atoms with Gasteiger partial charge in [0.15, 0.2) is 5.58 Å². The van der Waals surface area contributed by atoms with Crippen molar-refractivity contribution in [1.82, 2.24) is 4.57 Å². The van der Waals surface area contributed by atoms with E-state index < -0.39 is 0 Å². The molecule has 16 heavy (non-hydrogen) atoms. The first-order chi connectivity index (χ1) is 7.63. The Hall–Kier alpha value is -1.97. The van der Waals surface area contributed by atoms with Crippen LogP contribution in [0, 0.1) is 0 Å². The summed E-state index contributed by atoms with van der Waals surface area (Å²) in [5.74, 6) is 0.229. The van der Waals surface area contributed by atoms with Crippen LogP contribution < -0.4 is 5.76 Å². The van der Waals surface area contributed by atoms with Crippen LogP contribution in [0.25, 0.3) is 16.9 Å². The number of oxazole rings is 1. The van der Waals surface area contributed by atoms with E-state index in [-0.39, 0.29) is 5.76 Å². The van der Waals surface area contributed by atoms with Gasteiger partial charge in [0.25, 0.3) is 0 Å². The minimum atomic E-state index is -0.367. The quantitative estimate of drug-likeness (QED) is 0.743. The lowest BCUT2D eigenvalue weighted by atomic mass is 10.2. The largest absolute Gasteiger partial charge is 0.494 e. The van der Waals surface area contributed by atoms with Gasteiger partial charge in [-0.3, -0.25) is 4.57 Å². The Morgan fingerprint density at radius 3 is 3.00 bits per heavy atom. The van der Waals surface area contributed by atoms with E-state index >= 15 is 0 Å². The molecule has 0 unspecified atom stereocenters. The first-order valence-corrected chi connectivity index (χ1v) is 5.05. The van der Waals surface area contributed by atoms with E-state index in [2.05, 4.69) is 6.58 Å². The van der Waals surface area contributed by atoms with Crippen LogP contribution in [0.2, 0.25) is 0 Å². The average Bonchev–Trinajstić information content (AvgIpc) is 2.55. The summed E-state index contributed by atoms with van der Waals surface area (Å²) in [5.41, 5.74) is 2.16. The third-order valence-electron chi connectivity index (χ3n) is 2.43. The Balaban J connectivity index is 2.55. The fraction of sp³-hybridized carbons (Fsp3) is 0.250. The molecule has 0 amide bonds. The maximum Gasteiger partial charge on any atom is 0.419 e. The molecule has 0 spiro atoms. The van der Waals surface area contributed by atoms with Gasteiger partial charge in [-0.2, -0.15) is 0 Å². The standard InChI is InChI=1S/C12H13NO3/c1-4-15-8(2)9-5-6-11-10(7-9)13(3)12(14)16-11/h5-7H,2,4H2,1,3H3. The van der Waals surface area contributed by atoms with Crippen molar-refractivity contribution in [1.29, 1.82) is 0 Å². The average molecular weight is 219 g/mol. The molecule has 4 heteroatoms. The molecule has 2 rings (SSSR count). The number of aromatic nitrogens is 1. The number of hydrogen-bond acceptors (Lipinski definition) is 3. The summed E-state index contributed by atoms with van der Waals surface area (Å²) in [6.07, 6.45) is 0. The highest BCUT2D eigenvalue weighted by Gasteiger charge is 2.08. The molecule has 0 aliphatic rings. The molecular formula is C12H13NO3. The zero-order chi connectivity index (χ0) is 11.7. The Bertz CT molecular complexity index is 592. The highest BCUT2D eigenvalue weighted by molar-refractivity contribution is 5.77. The lowest BCUT2D eigenvalue weighted by Crippen LogP contribution is -2.08. The first-order valence-electron chi connectivity index (χ1n) is 5.05. The second-order valence-electron chi connectivity index (χ2n) is 3.47. The van der Waals surface area contributed by atoms with Gasteiger partial charge >= 0.3 is 5.76 Å². The summed E-state index contributed by atoms with van der Waals surface area (Å²) in [7, 11) is 1.67. The van der Waals surface area contributed by atoms with Crippen LogP contribution in [-0.2, 0) is 11.8 Å². The fourth-order valence-corrected chi connectivity index (χ4v) is 1.56. The van der Waals surface area contributed by atoms with E-state index in [0.29, 0.717) is 17.9 Å². The molecule has 0 fully saturated rings. The molecule has 0 aliphatic heterocycles. The monoisotopic (exact) mass is 219 g/mol. The summed E-state index contributed by atoms with van der Waals surface area (Å²) >= 11 is 0. The normalized spacial score (nSPS) is 10.6. The van der Waals surface area contributed by atoms with Crippen molar-refractivity contribution in [2.45, 2.75) is 6.92 Å². The second-order valence-corrected chi connectivity index (χ2v) is 3.47. The number of nitrogens with zero attached hydrogens (tertiary/aromatic N) is 1. The Labute approximate surface area is 92.7 Å². The van der Waals surface area contributed by atoms with Crippen molar-refractivity contribution < 1.29 is 9.15 Å². The molecule has 1 aromatic carbocycles. The molecule has 0 saturated heterocycles. The number of aryl methyl sites for hydroxylation is 1. The summed E-state index contributed by atoms with van der Waals surface area (Å²) < 4.78 is 11.8. The molecule has 1 heterocycles. The second kappa shape index (κ2) is 3.89. The van der Waals surface area contributed by atoms with Gasteiger partial charge in [-0.05, 0) is 25.1 Å². The van der Waals surface area contributed by atoms with E-state index in [1.165, 1.54) is 4.57 Å². The topological polar surface area (TPSA) is 44.4 Å². The summed E-state index contributed by atoms with van der Waals surface area (Å²) in [4.78, 5) is 11.3. The molecule has 0 bridgehead atoms. The molecule has 0 aliphatic carbocycles. The first kappa shape index (κ1) is 10.5. The molecule has 0 atom stereocenters. The van der Waals surface area contributed by atoms with Gasteiger partial charge in [0.05, 0.1) is 12.1 Å². The van der Waals surface area contributed by atoms with Gasteiger partial charge < -0.3 is 9.15 Å². The molecule has 4 nitrogen and oxygen atoms in total. The van der Waals surface area contributed by atoms with E-state index in [1.807, 2.05) is 19.1 Å². The molecule has 0 radical (unpaired) electrons. The molecule has 0 N–H and O–H groups in total. The third kappa shape index (κ3) is 1.62. The van der Waals surface area contributed by atoms with Crippen molar-refractivity contribution >= 4 is 16.9 Å². The maximum absolute atomic E-state index is 11.3. The molecule has 84 valence electrons. The number of hydrogen-bond donors (Lipinski definition) is 0. The van der Waals surface area contributed by atoms with E-state index in [4.69, 9.17) is 9.15 Å². The van der Waals surface area contributed by atoms with Crippen LogP contribution in [0.3, 0.4) is 0 Å². The lowest BCUT2D eigenvalue weighted by molar-refractivity contribution is 0.299. The summed E-state index contributed by atoms with van der Waals surface area (Å²) in [6, 6.07) is 5.40. The fourth-order valence-electron chi connectivity index (χ4n) is 1.56. The summed E-state index contributed by atoms with van der Waals surface area (Å²) in [6.45, 7) is 6.29. The van der Waals surface area contributed by atoms with Crippen LogP contribution in [0.1, 0.15) is 12.5 Å². The van der Waals surface area contributed by atoms with Gasteiger partial charge in [-0.15, -0.1) is 0 Å². The lowest BCUT2D eigenvalue weighted by Gasteiger charge is -2.06. The van der Waals surface area contributed by atoms with Crippen molar-refractivity contribution in [3.05, 3.63) is 40.9 Å². The Kier molecular flexibility index (Phi) is 2.56. The predicted molar refractivity (Wildman–Crippen MR) is 62.1 cm³/mol. The van der Waals surface area contributed by atoms with Gasteiger partial charge in [0.2, 0.25) is 0 Å². The van der Waals surface area contributed by atoms with Crippen molar-refractivity contribution in [2.24, 2.45) is 7.05 Å². The van der Waals surface area contributed by atoms with E-state index in [0.717, 1.165) is 11.1 Å². The minimum absolute atomic E-state index is 0.367. The number of ether oxygens (including phenoxy) is 1. The van der Waals surface area contributed by atoms with Gasteiger partial charge in [0, 0.05) is 12.6 Å². The Morgan fingerprint density at radius 1 is 1.56 bits per heavy atom. The van der Waals surface area contributed by atoms with E-state index in [1.54, 1.807) is 13.1 Å². The van der Waals surface area contributed by atoms with Gasteiger partial charge in [-0.1, -0.05) is 6.58 Å². The predicted octanol–water partition coefficient (Wildman–Crippen LogP) is 2.14. The van der Waals surface area contributed by atoms with Gasteiger partial charge in [-0.25, -0.2) is 4.79 Å². The Morgan fingerprint density at radius 2 is 2.31 bits per heavy atom. The van der Waals surface area contributed by atoms with Crippen molar-refractivity contribution in [3.8, 4) is 0 Å². The van der Waals surface area contributed by atoms with E-state index in [9.17, 15) is 4.79 Å². The van der Waals surface area contributed by atoms with Crippen LogP contribution in [0.5, 0.6) is 0 Å². The van der Waals surface area contributed by atoms with Crippen LogP contribution in [0.4, 0.5) is 0 Å². The van der Waals surface area contributed by atoms with Crippen LogP contribution in [0.15, 0.2) is 34.0 Å². The number of fused-ring (bicyclic) bond motifs is 1. The van der Waals surface area contributed by atoms with Crippen LogP contribution in [-0.4, -0.2) is 11.2 Å². The maximum atomic E-state index is 11.3. The zero-order valence-corrected chi connectivity index (χ0v) is 9.32. The molecule has 1 aromatic heterocycles. The summed E-state index contributed by atoms with van der Waals surface area (Å²) in [5, 5.41) is 0. The van der Waals surface area contributed by atoms with Gasteiger partial charge in [0.1, 0.15) is 5.76 Å². The molecule has 0 saturated carbocycles. The third-order valence-corrected chi connectivity index (χ3v) is 2.43. The molecular weight excluding hydrogens is 206 g/mol.